The standard InChI is InChI=1S/C47H61F2N5O8/c1-31-21-35(61-30-57-5)23-38(37(31)15-10-7-11-20-58-36-22-34(55)16-19-53(27-36)45(56)62-46(2,3)4)41-40(49)42-39(25-50-41)43(59-28-32-13-8-6-9-14-32)52-44(51-42)60-29-47-17-12-18-54(47)26-33(48)24-47/h6,8-9,13-14,21,23,25,33-34,36,55H,7,10-12,15-20,22,24,26-30H2,1-5H3/t33-,34-,36-,47+/m1/s1. The van der Waals surface area contributed by atoms with E-state index in [0.717, 1.165) is 55.3 Å². The van der Waals surface area contributed by atoms with Crippen LogP contribution in [0.1, 0.15) is 88.8 Å². The van der Waals surface area contributed by atoms with E-state index in [1.165, 1.54) is 13.3 Å². The summed E-state index contributed by atoms with van der Waals surface area (Å²) in [5.41, 5.74) is 2.31. The van der Waals surface area contributed by atoms with Gasteiger partial charge in [0.05, 0.1) is 29.7 Å². The first-order valence-electron chi connectivity index (χ1n) is 21.9. The number of aliphatic hydroxyl groups is 1. The molecule has 1 amide bonds. The Morgan fingerprint density at radius 2 is 1.85 bits per heavy atom. The Morgan fingerprint density at radius 3 is 2.65 bits per heavy atom. The van der Waals surface area contributed by atoms with Crippen molar-refractivity contribution in [3.63, 3.8) is 0 Å². The summed E-state index contributed by atoms with van der Waals surface area (Å²) in [7, 11) is 1.54. The van der Waals surface area contributed by atoms with Crippen molar-refractivity contribution in [2.45, 2.75) is 122 Å². The van der Waals surface area contributed by atoms with Crippen LogP contribution in [0.2, 0.25) is 0 Å². The lowest BCUT2D eigenvalue weighted by Gasteiger charge is -2.30. The number of hydrogen-bond acceptors (Lipinski definition) is 12. The fourth-order valence-corrected chi connectivity index (χ4v) is 8.87. The largest absolute Gasteiger partial charge is 0.472 e. The maximum Gasteiger partial charge on any atom is 0.410 e. The number of rotatable bonds is 17. The number of aryl methyl sites for hydroxylation is 1. The van der Waals surface area contributed by atoms with Crippen molar-refractivity contribution in [2.75, 3.05) is 53.3 Å². The van der Waals surface area contributed by atoms with Gasteiger partial charge in [0.15, 0.2) is 12.6 Å². The van der Waals surface area contributed by atoms with Gasteiger partial charge in [-0.3, -0.25) is 9.88 Å². The number of benzene rings is 2. The minimum Gasteiger partial charge on any atom is -0.472 e. The van der Waals surface area contributed by atoms with Crippen LogP contribution in [0.4, 0.5) is 13.6 Å². The van der Waals surface area contributed by atoms with Crippen molar-refractivity contribution in [3.8, 4) is 28.9 Å². The molecule has 62 heavy (non-hydrogen) atoms. The van der Waals surface area contributed by atoms with Crippen LogP contribution >= 0.6 is 0 Å². The highest BCUT2D eigenvalue weighted by Gasteiger charge is 2.49. The number of pyridine rings is 1. The van der Waals surface area contributed by atoms with Gasteiger partial charge in [0, 0.05) is 51.4 Å². The number of aromatic nitrogens is 3. The van der Waals surface area contributed by atoms with Gasteiger partial charge in [0.1, 0.15) is 41.9 Å². The van der Waals surface area contributed by atoms with Crippen molar-refractivity contribution in [1.82, 2.24) is 24.8 Å². The zero-order chi connectivity index (χ0) is 43.9. The molecule has 1 N–H and O–H groups in total. The predicted octanol–water partition coefficient (Wildman–Crippen LogP) is 8.15. The van der Waals surface area contributed by atoms with Crippen LogP contribution in [-0.4, -0.2) is 119 Å². The average Bonchev–Trinajstić information content (AvgIpc) is 3.69. The predicted molar refractivity (Wildman–Crippen MR) is 230 cm³/mol. The number of aliphatic hydroxyl groups excluding tert-OH is 1. The minimum absolute atomic E-state index is 0.00328. The van der Waals surface area contributed by atoms with Crippen LogP contribution in [0.3, 0.4) is 0 Å². The van der Waals surface area contributed by atoms with E-state index in [9.17, 15) is 14.3 Å². The number of likely N-dealkylation sites (tertiary alicyclic amines) is 1. The van der Waals surface area contributed by atoms with Crippen LogP contribution in [0.25, 0.3) is 22.2 Å². The van der Waals surface area contributed by atoms with E-state index in [2.05, 4.69) is 19.9 Å². The highest BCUT2D eigenvalue weighted by molar-refractivity contribution is 5.87. The molecule has 7 rings (SSSR count). The number of fused-ring (bicyclic) bond motifs is 2. The van der Waals surface area contributed by atoms with Gasteiger partial charge in [0.25, 0.3) is 0 Å². The minimum atomic E-state index is -0.929. The zero-order valence-electron chi connectivity index (χ0n) is 36.7. The zero-order valence-corrected chi connectivity index (χ0v) is 36.7. The monoisotopic (exact) mass is 861 g/mol. The Morgan fingerprint density at radius 1 is 1.03 bits per heavy atom. The highest BCUT2D eigenvalue weighted by Crippen LogP contribution is 2.41. The smallest absolute Gasteiger partial charge is 0.410 e. The number of carbonyl (C=O) groups excluding carboxylic acids is 1. The molecule has 0 aliphatic carbocycles. The second kappa shape index (κ2) is 20.2. The number of unbranched alkanes of at least 4 members (excludes halogenated alkanes) is 2. The summed E-state index contributed by atoms with van der Waals surface area (Å²) in [5.74, 6) is -0.0202. The van der Waals surface area contributed by atoms with Gasteiger partial charge < -0.3 is 38.4 Å². The van der Waals surface area contributed by atoms with Gasteiger partial charge in [-0.2, -0.15) is 9.97 Å². The van der Waals surface area contributed by atoms with E-state index >= 15 is 4.39 Å². The molecule has 13 nitrogen and oxygen atoms in total. The van der Waals surface area contributed by atoms with Crippen molar-refractivity contribution in [3.05, 3.63) is 71.2 Å². The Labute approximate surface area is 363 Å². The number of methoxy groups -OCH3 is 1. The number of amides is 1. The second-order valence-electron chi connectivity index (χ2n) is 17.9. The maximum atomic E-state index is 17.2. The Balaban J connectivity index is 1.10. The van der Waals surface area contributed by atoms with Crippen LogP contribution < -0.4 is 14.2 Å². The molecule has 3 saturated heterocycles. The first-order chi connectivity index (χ1) is 29.8. The first kappa shape index (κ1) is 45.3. The van der Waals surface area contributed by atoms with Crippen molar-refractivity contribution in [2.24, 2.45) is 0 Å². The van der Waals surface area contributed by atoms with Gasteiger partial charge in [-0.1, -0.05) is 36.8 Å². The number of halogens is 2. The topological polar surface area (TPSA) is 138 Å². The first-order valence-corrected chi connectivity index (χ1v) is 21.9. The van der Waals surface area contributed by atoms with Gasteiger partial charge in [-0.15, -0.1) is 0 Å². The molecule has 2 aromatic heterocycles. The average molecular weight is 862 g/mol. The highest BCUT2D eigenvalue weighted by atomic mass is 19.1. The lowest BCUT2D eigenvalue weighted by Crippen LogP contribution is -2.43. The SMILES string of the molecule is COCOc1cc(C)c(CCCCCO[C@@H]2C[C@H](O)CCN(C(=O)OC(C)(C)C)C2)c(-c2ncc3c(OCc4ccccc4)nc(OC[C@@]45CCCN4C[C@H](F)C5)nc3c2F)c1. The van der Waals surface area contributed by atoms with E-state index in [-0.39, 0.29) is 49.2 Å². The van der Waals surface area contributed by atoms with E-state index in [0.29, 0.717) is 68.6 Å². The third-order valence-corrected chi connectivity index (χ3v) is 11.9. The molecule has 3 aliphatic heterocycles. The normalized spacial score (nSPS) is 21.8. The molecule has 3 aliphatic rings. The molecule has 5 heterocycles. The molecule has 0 bridgehead atoms. The Bertz CT molecular complexity index is 2140. The van der Waals surface area contributed by atoms with Crippen LogP contribution in [-0.2, 0) is 27.2 Å². The molecule has 0 radical (unpaired) electrons. The van der Waals surface area contributed by atoms with Crippen molar-refractivity contribution < 1.29 is 47.1 Å². The molecule has 0 saturated carbocycles. The van der Waals surface area contributed by atoms with Crippen LogP contribution in [0.15, 0.2) is 48.7 Å². The Hall–Kier alpha value is -4.70. The molecule has 2 aromatic carbocycles. The molecule has 0 unspecified atom stereocenters. The molecule has 336 valence electrons. The molecule has 3 fully saturated rings. The maximum absolute atomic E-state index is 17.2. The second-order valence-corrected chi connectivity index (χ2v) is 17.9. The van der Waals surface area contributed by atoms with E-state index in [4.69, 9.17) is 28.4 Å². The van der Waals surface area contributed by atoms with Crippen LogP contribution in [0.5, 0.6) is 17.6 Å². The molecule has 4 aromatic rings. The Kier molecular flexibility index (Phi) is 14.8. The number of nitrogens with zero attached hydrogens (tertiary/aromatic N) is 5. The van der Waals surface area contributed by atoms with E-state index in [1.54, 1.807) is 11.0 Å². The summed E-state index contributed by atoms with van der Waals surface area (Å²) in [4.78, 5) is 30.5. The van der Waals surface area contributed by atoms with Gasteiger partial charge >= 0.3 is 12.1 Å². The molecule has 4 atom stereocenters. The van der Waals surface area contributed by atoms with Crippen LogP contribution in [0, 0.1) is 12.7 Å². The fraction of sp³-hybridized carbons (Fsp3) is 0.574. The molecule has 0 spiro atoms. The summed E-state index contributed by atoms with van der Waals surface area (Å²) >= 11 is 0. The van der Waals surface area contributed by atoms with Crippen molar-refractivity contribution >= 4 is 17.0 Å². The quantitative estimate of drug-likeness (QED) is 0.0811. The lowest BCUT2D eigenvalue weighted by molar-refractivity contribution is -0.00537. The third kappa shape index (κ3) is 11.3. The molecule has 15 heteroatoms. The van der Waals surface area contributed by atoms with Gasteiger partial charge in [-0.25, -0.2) is 13.6 Å². The summed E-state index contributed by atoms with van der Waals surface area (Å²) < 4.78 is 67.1. The van der Waals surface area contributed by atoms with Crippen molar-refractivity contribution in [1.29, 1.82) is 0 Å². The number of hydrogen-bond donors (Lipinski definition) is 1. The summed E-state index contributed by atoms with van der Waals surface area (Å²) in [6, 6.07) is 13.2. The molecular weight excluding hydrogens is 801 g/mol. The number of carbonyl (C=O) groups is 1. The number of alkyl halides is 1. The summed E-state index contributed by atoms with van der Waals surface area (Å²) in [6.45, 7) is 10.2. The van der Waals surface area contributed by atoms with Gasteiger partial charge in [0.2, 0.25) is 5.88 Å². The third-order valence-electron chi connectivity index (χ3n) is 11.9. The number of ether oxygens (including phenoxy) is 6. The summed E-state index contributed by atoms with van der Waals surface area (Å²) in [5, 5.41) is 10.8. The lowest BCUT2D eigenvalue weighted by atomic mass is 9.93. The molecular formula is C47H61F2N5O8. The van der Waals surface area contributed by atoms with E-state index in [1.807, 2.05) is 64.1 Å². The summed E-state index contributed by atoms with van der Waals surface area (Å²) in [6.07, 6.45) is 5.34. The van der Waals surface area contributed by atoms with Gasteiger partial charge in [-0.05, 0) is 102 Å². The van der Waals surface area contributed by atoms with E-state index < -0.39 is 35.3 Å². The fourth-order valence-electron chi connectivity index (χ4n) is 8.87.